The molecule has 0 aliphatic carbocycles. The third kappa shape index (κ3) is 5.99. The van der Waals surface area contributed by atoms with E-state index in [0.29, 0.717) is 11.5 Å². The Hall–Kier alpha value is -1.66. The molecule has 4 N–H and O–H groups in total. The standard InChI is InChI=1S/C14H22N4OS/c1-10-5-6-11(2)12(9-10)15-14(20)17-16-13(19)7-8-18(3)4/h5-6,9H,7-8H2,1-4H3,(H,16,19)(H2,15,17,20)/p+1. The average molecular weight is 295 g/mol. The summed E-state index contributed by atoms with van der Waals surface area (Å²) in [6.45, 7) is 4.81. The Morgan fingerprint density at radius 2 is 1.95 bits per heavy atom. The van der Waals surface area contributed by atoms with Gasteiger partial charge in [-0.3, -0.25) is 15.6 Å². The fourth-order valence-corrected chi connectivity index (χ4v) is 1.74. The van der Waals surface area contributed by atoms with Gasteiger partial charge in [-0.05, 0) is 43.3 Å². The topological polar surface area (TPSA) is 57.6 Å². The van der Waals surface area contributed by atoms with Crippen LogP contribution in [0.2, 0.25) is 0 Å². The van der Waals surface area contributed by atoms with Crippen LogP contribution in [0.15, 0.2) is 18.2 Å². The lowest BCUT2D eigenvalue weighted by atomic mass is 10.1. The van der Waals surface area contributed by atoms with E-state index in [1.54, 1.807) is 0 Å². The number of hydrogen-bond acceptors (Lipinski definition) is 2. The summed E-state index contributed by atoms with van der Waals surface area (Å²) >= 11 is 5.15. The monoisotopic (exact) mass is 295 g/mol. The van der Waals surface area contributed by atoms with E-state index in [9.17, 15) is 4.79 Å². The van der Waals surface area contributed by atoms with Gasteiger partial charge >= 0.3 is 0 Å². The Labute approximate surface area is 125 Å². The fraction of sp³-hybridized carbons (Fsp3) is 0.429. The van der Waals surface area contributed by atoms with Crippen molar-refractivity contribution in [3.05, 3.63) is 29.3 Å². The van der Waals surface area contributed by atoms with Gasteiger partial charge in [-0.15, -0.1) is 0 Å². The molecule has 110 valence electrons. The molecule has 5 nitrogen and oxygen atoms in total. The molecule has 1 aromatic carbocycles. The minimum absolute atomic E-state index is 0.0729. The lowest BCUT2D eigenvalue weighted by Gasteiger charge is -2.14. The van der Waals surface area contributed by atoms with Gasteiger partial charge in [0.25, 0.3) is 0 Å². The molecule has 0 saturated carbocycles. The molecule has 20 heavy (non-hydrogen) atoms. The lowest BCUT2D eigenvalue weighted by Crippen LogP contribution is -3.05. The summed E-state index contributed by atoms with van der Waals surface area (Å²) in [5.74, 6) is -0.0729. The first-order valence-electron chi connectivity index (χ1n) is 6.60. The van der Waals surface area contributed by atoms with Gasteiger partial charge in [0.2, 0.25) is 5.91 Å². The van der Waals surface area contributed by atoms with E-state index in [1.807, 2.05) is 46.1 Å². The molecule has 1 aromatic rings. The second kappa shape index (κ2) is 7.81. The first-order chi connectivity index (χ1) is 9.38. The molecular weight excluding hydrogens is 272 g/mol. The predicted molar refractivity (Wildman–Crippen MR) is 85.7 cm³/mol. The highest BCUT2D eigenvalue weighted by atomic mass is 32.1. The number of quaternary nitrogens is 1. The van der Waals surface area contributed by atoms with Crippen molar-refractivity contribution in [2.75, 3.05) is 26.0 Å². The minimum Gasteiger partial charge on any atom is -0.339 e. The smallest absolute Gasteiger partial charge is 0.244 e. The maximum atomic E-state index is 11.6. The summed E-state index contributed by atoms with van der Waals surface area (Å²) in [4.78, 5) is 12.8. The Kier molecular flexibility index (Phi) is 6.41. The number of hydrogen-bond donors (Lipinski definition) is 4. The number of benzene rings is 1. The van der Waals surface area contributed by atoms with Crippen molar-refractivity contribution in [3.63, 3.8) is 0 Å². The molecule has 0 unspecified atom stereocenters. The van der Waals surface area contributed by atoms with Gasteiger partial charge in [0, 0.05) is 5.69 Å². The molecule has 0 saturated heterocycles. The Bertz CT molecular complexity index is 488. The molecule has 0 aromatic heterocycles. The summed E-state index contributed by atoms with van der Waals surface area (Å²) in [5.41, 5.74) is 8.49. The molecule has 0 fully saturated rings. The van der Waals surface area contributed by atoms with E-state index in [0.717, 1.165) is 23.4 Å². The maximum Gasteiger partial charge on any atom is 0.244 e. The number of anilines is 1. The Balaban J connectivity index is 2.40. The molecular formula is C14H23N4OS+. The summed E-state index contributed by atoms with van der Waals surface area (Å²) in [5, 5.41) is 3.45. The zero-order chi connectivity index (χ0) is 15.1. The van der Waals surface area contributed by atoms with Gasteiger partial charge in [-0.1, -0.05) is 12.1 Å². The van der Waals surface area contributed by atoms with Crippen LogP contribution in [-0.2, 0) is 4.79 Å². The number of carbonyl (C=O) groups is 1. The molecule has 0 aliphatic heterocycles. The molecule has 0 bridgehead atoms. The van der Waals surface area contributed by atoms with Crippen molar-refractivity contribution in [2.24, 2.45) is 0 Å². The van der Waals surface area contributed by atoms with Gasteiger partial charge < -0.3 is 10.2 Å². The third-order valence-corrected chi connectivity index (χ3v) is 3.01. The number of thiocarbonyl (C=S) groups is 1. The van der Waals surface area contributed by atoms with Crippen LogP contribution in [0, 0.1) is 13.8 Å². The van der Waals surface area contributed by atoms with E-state index in [-0.39, 0.29) is 5.91 Å². The van der Waals surface area contributed by atoms with Crippen LogP contribution in [0.3, 0.4) is 0 Å². The van der Waals surface area contributed by atoms with E-state index >= 15 is 0 Å². The Morgan fingerprint density at radius 3 is 2.60 bits per heavy atom. The third-order valence-electron chi connectivity index (χ3n) is 2.81. The number of carbonyl (C=O) groups excluding carboxylic acids is 1. The van der Waals surface area contributed by atoms with Crippen molar-refractivity contribution < 1.29 is 9.69 Å². The second-order valence-corrected chi connectivity index (χ2v) is 5.56. The zero-order valence-electron chi connectivity index (χ0n) is 12.5. The molecule has 1 rings (SSSR count). The first kappa shape index (κ1) is 16.4. The summed E-state index contributed by atoms with van der Waals surface area (Å²) < 4.78 is 0. The van der Waals surface area contributed by atoms with E-state index in [2.05, 4.69) is 16.2 Å². The number of amides is 1. The maximum absolute atomic E-state index is 11.6. The molecule has 6 heteroatoms. The van der Waals surface area contributed by atoms with E-state index in [4.69, 9.17) is 12.2 Å². The SMILES string of the molecule is Cc1ccc(C)c(NC(=S)NNC(=O)CC[NH+](C)C)c1. The van der Waals surface area contributed by atoms with Crippen LogP contribution in [0.5, 0.6) is 0 Å². The normalized spacial score (nSPS) is 10.2. The van der Waals surface area contributed by atoms with E-state index < -0.39 is 0 Å². The van der Waals surface area contributed by atoms with Gasteiger partial charge in [-0.25, -0.2) is 0 Å². The minimum atomic E-state index is -0.0729. The van der Waals surface area contributed by atoms with Crippen LogP contribution in [-0.4, -0.2) is 31.7 Å². The van der Waals surface area contributed by atoms with Gasteiger partial charge in [0.15, 0.2) is 5.11 Å². The highest BCUT2D eigenvalue weighted by molar-refractivity contribution is 7.80. The Morgan fingerprint density at radius 1 is 1.25 bits per heavy atom. The van der Waals surface area contributed by atoms with Gasteiger partial charge in [0.1, 0.15) is 0 Å². The number of rotatable bonds is 4. The lowest BCUT2D eigenvalue weighted by molar-refractivity contribution is -0.857. The molecule has 0 heterocycles. The van der Waals surface area contributed by atoms with Crippen molar-refractivity contribution in [2.45, 2.75) is 20.3 Å². The number of nitrogens with one attached hydrogen (secondary N) is 4. The van der Waals surface area contributed by atoms with Gasteiger partial charge in [0.05, 0.1) is 27.1 Å². The summed E-state index contributed by atoms with van der Waals surface area (Å²) in [6, 6.07) is 6.08. The average Bonchev–Trinajstić information content (AvgIpc) is 2.38. The predicted octanol–water partition coefficient (Wildman–Crippen LogP) is 0.156. The van der Waals surface area contributed by atoms with Crippen molar-refractivity contribution in [1.29, 1.82) is 0 Å². The number of aryl methyl sites for hydroxylation is 2. The molecule has 0 atom stereocenters. The van der Waals surface area contributed by atoms with Crippen molar-refractivity contribution >= 4 is 28.9 Å². The molecule has 1 amide bonds. The van der Waals surface area contributed by atoms with Crippen LogP contribution in [0.25, 0.3) is 0 Å². The zero-order valence-corrected chi connectivity index (χ0v) is 13.3. The first-order valence-corrected chi connectivity index (χ1v) is 7.01. The highest BCUT2D eigenvalue weighted by Crippen LogP contribution is 2.15. The fourth-order valence-electron chi connectivity index (χ4n) is 1.58. The summed E-state index contributed by atoms with van der Waals surface area (Å²) in [6.07, 6.45) is 0.460. The molecule has 0 spiro atoms. The highest BCUT2D eigenvalue weighted by Gasteiger charge is 2.05. The van der Waals surface area contributed by atoms with Crippen LogP contribution >= 0.6 is 12.2 Å². The van der Waals surface area contributed by atoms with Crippen LogP contribution in [0.4, 0.5) is 5.69 Å². The molecule has 0 aliphatic rings. The largest absolute Gasteiger partial charge is 0.339 e. The quantitative estimate of drug-likeness (QED) is 0.472. The molecule has 0 radical (unpaired) electrons. The van der Waals surface area contributed by atoms with Crippen LogP contribution < -0.4 is 21.1 Å². The van der Waals surface area contributed by atoms with Crippen molar-refractivity contribution in [1.82, 2.24) is 10.9 Å². The number of hydrazine groups is 1. The van der Waals surface area contributed by atoms with Crippen LogP contribution in [0.1, 0.15) is 17.5 Å². The van der Waals surface area contributed by atoms with Gasteiger partial charge in [-0.2, -0.15) is 0 Å². The van der Waals surface area contributed by atoms with Crippen molar-refractivity contribution in [3.8, 4) is 0 Å². The van der Waals surface area contributed by atoms with E-state index in [1.165, 1.54) is 4.90 Å². The summed E-state index contributed by atoms with van der Waals surface area (Å²) in [7, 11) is 4.01. The second-order valence-electron chi connectivity index (χ2n) is 5.15.